The van der Waals surface area contributed by atoms with Crippen molar-refractivity contribution >= 4 is 9.84 Å². The van der Waals surface area contributed by atoms with E-state index in [-0.39, 0.29) is 11.3 Å². The van der Waals surface area contributed by atoms with Crippen LogP contribution in [0.25, 0.3) is 16.9 Å². The van der Waals surface area contributed by atoms with Gasteiger partial charge in [0.05, 0.1) is 11.4 Å². The molecular weight excluding hydrogens is 476 g/mol. The van der Waals surface area contributed by atoms with Crippen LogP contribution in [0.15, 0.2) is 47.4 Å². The first kappa shape index (κ1) is 23.5. The van der Waals surface area contributed by atoms with Crippen LogP contribution in [-0.2, 0) is 16.0 Å². The van der Waals surface area contributed by atoms with E-state index in [9.17, 15) is 43.5 Å². The highest BCUT2D eigenvalue weighted by atomic mass is 32.2. The van der Waals surface area contributed by atoms with Gasteiger partial charge in [-0.2, -0.15) is 18.3 Å². The number of benzene rings is 2. The molecule has 0 bridgehead atoms. The van der Waals surface area contributed by atoms with Gasteiger partial charge in [0.1, 0.15) is 22.3 Å². The fraction of sp³-hybridized carbons (Fsp3) is 0.167. The molecule has 0 fully saturated rings. The quantitative estimate of drug-likeness (QED) is 0.480. The van der Waals surface area contributed by atoms with Crippen molar-refractivity contribution in [3.8, 4) is 22.7 Å². The minimum atomic E-state index is -5.00. The third-order valence-corrected chi connectivity index (χ3v) is 5.11. The predicted octanol–water partition coefficient (Wildman–Crippen LogP) is 5.14. The van der Waals surface area contributed by atoms with Crippen LogP contribution < -0.4 is 4.74 Å². The summed E-state index contributed by atoms with van der Waals surface area (Å²) < 4.78 is 132. The Morgan fingerprint density at radius 1 is 0.906 bits per heavy atom. The lowest BCUT2D eigenvalue weighted by atomic mass is 10.1. The van der Waals surface area contributed by atoms with Crippen molar-refractivity contribution in [2.24, 2.45) is 0 Å². The van der Waals surface area contributed by atoms with Gasteiger partial charge in [-0.05, 0) is 30.3 Å². The zero-order chi connectivity index (χ0) is 24.1. The van der Waals surface area contributed by atoms with Crippen molar-refractivity contribution in [3.63, 3.8) is 0 Å². The van der Waals surface area contributed by atoms with Gasteiger partial charge in [-0.1, -0.05) is 0 Å². The first-order valence-corrected chi connectivity index (χ1v) is 10.2. The second-order valence-corrected chi connectivity index (χ2v) is 8.36. The number of sulfone groups is 1. The van der Waals surface area contributed by atoms with E-state index >= 15 is 0 Å². The molecule has 1 aromatic heterocycles. The van der Waals surface area contributed by atoms with E-state index in [1.54, 1.807) is 0 Å². The van der Waals surface area contributed by atoms with Crippen molar-refractivity contribution < 1.29 is 48.3 Å². The van der Waals surface area contributed by atoms with Gasteiger partial charge in [0.25, 0.3) is 0 Å². The van der Waals surface area contributed by atoms with Crippen LogP contribution in [0.1, 0.15) is 5.69 Å². The lowest BCUT2D eigenvalue weighted by Gasteiger charge is -2.12. The van der Waals surface area contributed by atoms with Gasteiger partial charge in [0, 0.05) is 24.0 Å². The summed E-state index contributed by atoms with van der Waals surface area (Å²) in [5.74, 6) is -3.78. The Bertz CT molecular complexity index is 1240. The maximum absolute atomic E-state index is 14.3. The van der Waals surface area contributed by atoms with E-state index in [1.807, 2.05) is 0 Å². The Kier molecular flexibility index (Phi) is 5.70. The molecule has 0 radical (unpaired) electrons. The third kappa shape index (κ3) is 5.00. The summed E-state index contributed by atoms with van der Waals surface area (Å²) in [4.78, 5) is -1.28. The zero-order valence-electron chi connectivity index (χ0n) is 15.6. The molecule has 0 N–H and O–H groups in total. The molecule has 0 aliphatic rings. The number of halogens is 8. The molecule has 1 heterocycles. The highest BCUT2D eigenvalue weighted by Crippen LogP contribution is 2.35. The van der Waals surface area contributed by atoms with Crippen LogP contribution >= 0.6 is 0 Å². The maximum atomic E-state index is 14.3. The Balaban J connectivity index is 2.17. The molecule has 3 rings (SSSR count). The number of hydrogen-bond acceptors (Lipinski definition) is 4. The molecule has 0 saturated carbocycles. The van der Waals surface area contributed by atoms with Crippen molar-refractivity contribution in [3.05, 3.63) is 59.8 Å². The first-order chi connectivity index (χ1) is 14.6. The number of hydrogen-bond donors (Lipinski definition) is 0. The van der Waals surface area contributed by atoms with Crippen LogP contribution in [0.5, 0.6) is 5.75 Å². The molecule has 0 spiro atoms. The second-order valence-electron chi connectivity index (χ2n) is 6.41. The molecule has 5 nitrogen and oxygen atoms in total. The number of rotatable bonds is 4. The van der Waals surface area contributed by atoms with Gasteiger partial charge in [-0.15, -0.1) is 13.2 Å². The van der Waals surface area contributed by atoms with E-state index in [2.05, 4.69) is 9.84 Å². The average Bonchev–Trinajstić information content (AvgIpc) is 3.05. The normalized spacial score (nSPS) is 12.8. The summed E-state index contributed by atoms with van der Waals surface area (Å²) in [6.45, 7) is 0. The molecule has 0 unspecified atom stereocenters. The third-order valence-electron chi connectivity index (χ3n) is 3.98. The fourth-order valence-corrected chi connectivity index (χ4v) is 3.60. The van der Waals surface area contributed by atoms with Crippen molar-refractivity contribution in [2.45, 2.75) is 17.4 Å². The molecule has 3 aromatic rings. The van der Waals surface area contributed by atoms with Crippen molar-refractivity contribution in [2.75, 3.05) is 6.26 Å². The first-order valence-electron chi connectivity index (χ1n) is 8.29. The summed E-state index contributed by atoms with van der Waals surface area (Å²) in [5.41, 5.74) is -2.54. The molecule has 0 amide bonds. The Morgan fingerprint density at radius 2 is 1.44 bits per heavy atom. The van der Waals surface area contributed by atoms with Gasteiger partial charge in [-0.25, -0.2) is 21.9 Å². The molecule has 0 saturated heterocycles. The van der Waals surface area contributed by atoms with Gasteiger partial charge < -0.3 is 4.74 Å². The molecule has 0 atom stereocenters. The smallest absolute Gasteiger partial charge is 0.406 e. The van der Waals surface area contributed by atoms with E-state index in [4.69, 9.17) is 0 Å². The van der Waals surface area contributed by atoms with E-state index in [1.165, 1.54) is 0 Å². The summed E-state index contributed by atoms with van der Waals surface area (Å²) in [6, 6.07) is 5.05. The topological polar surface area (TPSA) is 61.2 Å². The van der Waals surface area contributed by atoms with E-state index in [0.717, 1.165) is 24.3 Å². The van der Waals surface area contributed by atoms with Crippen LogP contribution in [0, 0.1) is 11.6 Å². The Labute approximate surface area is 174 Å². The molecular formula is C18H10F8N2O3S. The molecule has 2 aromatic carbocycles. The van der Waals surface area contributed by atoms with E-state index < -0.39 is 56.0 Å². The monoisotopic (exact) mass is 486 g/mol. The molecule has 0 aliphatic carbocycles. The zero-order valence-corrected chi connectivity index (χ0v) is 16.4. The molecule has 0 aliphatic heterocycles. The number of ether oxygens (including phenoxy) is 1. The summed E-state index contributed by atoms with van der Waals surface area (Å²) >= 11 is 0. The van der Waals surface area contributed by atoms with Crippen LogP contribution in [0.2, 0.25) is 0 Å². The SMILES string of the molecule is CS(=O)(=O)c1c(F)cc(-n2nc(C(F)(F)F)cc2-c2ccc(OC(F)(F)F)cc2)cc1F. The standard InChI is InChI=1S/C18H10F8N2O3S/c1-32(29,30)16-12(19)6-10(7-13(16)20)28-14(8-15(27-28)17(21,22)23)9-2-4-11(5-3-9)31-18(24,25)26/h2-8H,1H3. The Hall–Kier alpha value is -3.16. The number of aromatic nitrogens is 2. The molecule has 172 valence electrons. The Morgan fingerprint density at radius 3 is 1.88 bits per heavy atom. The van der Waals surface area contributed by atoms with Crippen molar-refractivity contribution in [1.82, 2.24) is 9.78 Å². The molecule has 14 heteroatoms. The number of alkyl halides is 6. The summed E-state index contributed by atoms with van der Waals surface area (Å²) in [5, 5.41) is 3.28. The lowest BCUT2D eigenvalue weighted by Crippen LogP contribution is -2.16. The maximum Gasteiger partial charge on any atom is 0.573 e. The summed E-state index contributed by atoms with van der Waals surface area (Å²) in [7, 11) is -4.33. The number of nitrogens with zero attached hydrogens (tertiary/aromatic N) is 2. The van der Waals surface area contributed by atoms with Crippen LogP contribution in [0.3, 0.4) is 0 Å². The predicted molar refractivity (Wildman–Crippen MR) is 93.7 cm³/mol. The van der Waals surface area contributed by atoms with Crippen LogP contribution in [0.4, 0.5) is 35.1 Å². The highest BCUT2D eigenvalue weighted by Gasteiger charge is 2.36. The van der Waals surface area contributed by atoms with Crippen molar-refractivity contribution in [1.29, 1.82) is 0 Å². The second kappa shape index (κ2) is 7.76. The minimum Gasteiger partial charge on any atom is -0.406 e. The van der Waals surface area contributed by atoms with Gasteiger partial charge >= 0.3 is 12.5 Å². The average molecular weight is 486 g/mol. The fourth-order valence-electron chi connectivity index (χ4n) is 2.77. The van der Waals surface area contributed by atoms with E-state index in [0.29, 0.717) is 29.1 Å². The van der Waals surface area contributed by atoms with Crippen LogP contribution in [-0.4, -0.2) is 30.8 Å². The van der Waals surface area contributed by atoms with Gasteiger partial charge in [0.2, 0.25) is 0 Å². The largest absolute Gasteiger partial charge is 0.573 e. The minimum absolute atomic E-state index is 0.101. The lowest BCUT2D eigenvalue weighted by molar-refractivity contribution is -0.274. The molecule has 32 heavy (non-hydrogen) atoms. The van der Waals surface area contributed by atoms with Gasteiger partial charge in [-0.3, -0.25) is 0 Å². The summed E-state index contributed by atoms with van der Waals surface area (Å²) in [6.07, 6.45) is -9.42. The van der Waals surface area contributed by atoms with Gasteiger partial charge in [0.15, 0.2) is 15.5 Å². The highest BCUT2D eigenvalue weighted by molar-refractivity contribution is 7.90.